The third-order valence-electron chi connectivity index (χ3n) is 3.93. The van der Waals surface area contributed by atoms with Crippen molar-refractivity contribution in [1.82, 2.24) is 0 Å². The van der Waals surface area contributed by atoms with Gasteiger partial charge in [-0.25, -0.2) is 4.39 Å². The zero-order chi connectivity index (χ0) is 14.9. The minimum absolute atomic E-state index is 0. The fraction of sp³-hybridized carbons (Fsp3) is 0.571. The van der Waals surface area contributed by atoms with E-state index >= 15 is 0 Å². The maximum Gasteiger partial charge on any atom is 0.419 e. The molecule has 3 N–H and O–H groups in total. The molecule has 1 aliphatic carbocycles. The van der Waals surface area contributed by atoms with Crippen LogP contribution >= 0.6 is 12.4 Å². The van der Waals surface area contributed by atoms with Crippen LogP contribution in [0.4, 0.5) is 17.6 Å². The normalized spacial score (nSPS) is 19.1. The number of benzene rings is 1. The average molecular weight is 328 g/mol. The molecule has 1 fully saturated rings. The third kappa shape index (κ3) is 4.08. The van der Waals surface area contributed by atoms with Crippen molar-refractivity contribution in [3.63, 3.8) is 0 Å². The zero-order valence-electron chi connectivity index (χ0n) is 11.2. The molecule has 2 atom stereocenters. The SMILES string of the molecule is Cl.N[C@H](c1ccc(C(F)(F)F)c(F)c1)[C@@H](O)C1CCCC1. The lowest BCUT2D eigenvalue weighted by Crippen LogP contribution is -2.32. The highest BCUT2D eigenvalue weighted by atomic mass is 35.5. The summed E-state index contributed by atoms with van der Waals surface area (Å²) in [6, 6.07) is 1.71. The lowest BCUT2D eigenvalue weighted by atomic mass is 9.90. The van der Waals surface area contributed by atoms with Gasteiger partial charge in [0.2, 0.25) is 0 Å². The molecule has 0 aromatic heterocycles. The van der Waals surface area contributed by atoms with E-state index in [4.69, 9.17) is 5.73 Å². The van der Waals surface area contributed by atoms with E-state index in [-0.39, 0.29) is 23.9 Å². The highest BCUT2D eigenvalue weighted by molar-refractivity contribution is 5.85. The van der Waals surface area contributed by atoms with Crippen LogP contribution in [0, 0.1) is 11.7 Å². The van der Waals surface area contributed by atoms with Gasteiger partial charge in [-0.05, 0) is 36.5 Å². The summed E-state index contributed by atoms with van der Waals surface area (Å²) in [6.07, 6.45) is -1.87. The summed E-state index contributed by atoms with van der Waals surface area (Å²) in [4.78, 5) is 0. The van der Waals surface area contributed by atoms with E-state index in [0.29, 0.717) is 6.07 Å². The molecule has 2 rings (SSSR count). The van der Waals surface area contributed by atoms with Crippen LogP contribution in [0.25, 0.3) is 0 Å². The van der Waals surface area contributed by atoms with Gasteiger partial charge in [-0.3, -0.25) is 0 Å². The predicted molar refractivity (Wildman–Crippen MR) is 73.5 cm³/mol. The van der Waals surface area contributed by atoms with Crippen molar-refractivity contribution in [3.8, 4) is 0 Å². The fourth-order valence-electron chi connectivity index (χ4n) is 2.76. The fourth-order valence-corrected chi connectivity index (χ4v) is 2.76. The van der Waals surface area contributed by atoms with Gasteiger partial charge in [0.25, 0.3) is 0 Å². The summed E-state index contributed by atoms with van der Waals surface area (Å²) in [7, 11) is 0. The van der Waals surface area contributed by atoms with E-state index in [0.717, 1.165) is 37.8 Å². The molecule has 21 heavy (non-hydrogen) atoms. The van der Waals surface area contributed by atoms with Crippen LogP contribution in [0.15, 0.2) is 18.2 Å². The first-order valence-corrected chi connectivity index (χ1v) is 6.61. The minimum atomic E-state index is -4.73. The first kappa shape index (κ1) is 18.2. The smallest absolute Gasteiger partial charge is 0.391 e. The maximum absolute atomic E-state index is 13.5. The number of alkyl halides is 3. The van der Waals surface area contributed by atoms with Crippen molar-refractivity contribution in [3.05, 3.63) is 35.1 Å². The molecule has 1 saturated carbocycles. The molecule has 0 radical (unpaired) electrons. The standard InChI is InChI=1S/C14H17F4NO.ClH/c15-11-7-9(5-6-10(11)14(16,17)18)12(19)13(20)8-3-1-2-4-8;/h5-8,12-13,20H,1-4,19H2;1H/t12-,13+;/m1./s1. The lowest BCUT2D eigenvalue weighted by molar-refractivity contribution is -0.140. The molecule has 0 saturated heterocycles. The number of rotatable bonds is 3. The topological polar surface area (TPSA) is 46.2 Å². The third-order valence-corrected chi connectivity index (χ3v) is 3.93. The van der Waals surface area contributed by atoms with E-state index in [1.165, 1.54) is 0 Å². The average Bonchev–Trinajstić information content (AvgIpc) is 2.89. The molecule has 1 aliphatic rings. The predicted octanol–water partition coefficient (Wildman–Crippen LogP) is 3.82. The summed E-state index contributed by atoms with van der Waals surface area (Å²) < 4.78 is 50.9. The maximum atomic E-state index is 13.5. The van der Waals surface area contributed by atoms with Crippen LogP contribution in [0.2, 0.25) is 0 Å². The Morgan fingerprint density at radius 3 is 2.24 bits per heavy atom. The number of hydrogen-bond acceptors (Lipinski definition) is 2. The van der Waals surface area contributed by atoms with E-state index in [1.807, 2.05) is 0 Å². The Hall–Kier alpha value is -0.850. The van der Waals surface area contributed by atoms with Gasteiger partial charge in [0.15, 0.2) is 0 Å². The van der Waals surface area contributed by atoms with Gasteiger partial charge in [0.1, 0.15) is 5.82 Å². The van der Waals surface area contributed by atoms with Crippen LogP contribution in [-0.2, 0) is 6.18 Å². The second-order valence-electron chi connectivity index (χ2n) is 5.30. The van der Waals surface area contributed by atoms with Crippen molar-refractivity contribution < 1.29 is 22.7 Å². The van der Waals surface area contributed by atoms with Crippen molar-refractivity contribution in [2.45, 2.75) is 44.0 Å². The Labute approximate surface area is 126 Å². The zero-order valence-corrected chi connectivity index (χ0v) is 12.1. The van der Waals surface area contributed by atoms with Gasteiger partial charge in [-0.1, -0.05) is 18.9 Å². The molecule has 0 bridgehead atoms. The lowest BCUT2D eigenvalue weighted by Gasteiger charge is -2.25. The summed E-state index contributed by atoms with van der Waals surface area (Å²) in [6.45, 7) is 0. The van der Waals surface area contributed by atoms with E-state index < -0.39 is 29.7 Å². The quantitative estimate of drug-likeness (QED) is 0.829. The van der Waals surface area contributed by atoms with E-state index in [1.54, 1.807) is 0 Å². The van der Waals surface area contributed by atoms with Gasteiger partial charge in [0, 0.05) is 0 Å². The summed E-state index contributed by atoms with van der Waals surface area (Å²) >= 11 is 0. The number of hydrogen-bond donors (Lipinski definition) is 2. The molecule has 1 aromatic rings. The molecule has 120 valence electrons. The van der Waals surface area contributed by atoms with Crippen molar-refractivity contribution in [2.24, 2.45) is 11.7 Å². The van der Waals surface area contributed by atoms with Gasteiger partial charge in [0.05, 0.1) is 17.7 Å². The Morgan fingerprint density at radius 2 is 1.76 bits per heavy atom. The largest absolute Gasteiger partial charge is 0.419 e. The van der Waals surface area contributed by atoms with Crippen molar-refractivity contribution in [2.75, 3.05) is 0 Å². The second-order valence-corrected chi connectivity index (χ2v) is 5.30. The first-order valence-electron chi connectivity index (χ1n) is 6.61. The summed E-state index contributed by atoms with van der Waals surface area (Å²) in [5.41, 5.74) is 4.72. The molecule has 2 nitrogen and oxygen atoms in total. The highest BCUT2D eigenvalue weighted by Crippen LogP contribution is 2.35. The minimum Gasteiger partial charge on any atom is -0.391 e. The number of aliphatic hydroxyl groups is 1. The molecule has 1 aromatic carbocycles. The summed E-state index contributed by atoms with van der Waals surface area (Å²) in [5, 5.41) is 10.1. The number of aliphatic hydroxyl groups excluding tert-OH is 1. The molecular weight excluding hydrogens is 310 g/mol. The van der Waals surface area contributed by atoms with Crippen molar-refractivity contribution in [1.29, 1.82) is 0 Å². The Balaban J connectivity index is 0.00000220. The first-order chi connectivity index (χ1) is 9.30. The summed E-state index contributed by atoms with van der Waals surface area (Å²) in [5.74, 6) is -1.32. The van der Waals surface area contributed by atoms with Gasteiger partial charge >= 0.3 is 6.18 Å². The van der Waals surface area contributed by atoms with Crippen LogP contribution in [0.5, 0.6) is 0 Å². The molecule has 7 heteroatoms. The van der Waals surface area contributed by atoms with Crippen LogP contribution in [0.3, 0.4) is 0 Å². The van der Waals surface area contributed by atoms with E-state index in [2.05, 4.69) is 0 Å². The molecule has 0 aliphatic heterocycles. The van der Waals surface area contributed by atoms with Crippen LogP contribution in [-0.4, -0.2) is 11.2 Å². The van der Waals surface area contributed by atoms with Crippen LogP contribution in [0.1, 0.15) is 42.9 Å². The molecule has 0 unspecified atom stereocenters. The Kier molecular flexibility index (Phi) is 6.01. The highest BCUT2D eigenvalue weighted by Gasteiger charge is 2.35. The molecule has 0 amide bonds. The molecule has 0 heterocycles. The van der Waals surface area contributed by atoms with Crippen LogP contribution < -0.4 is 5.73 Å². The number of nitrogens with two attached hydrogens (primary N) is 1. The van der Waals surface area contributed by atoms with Gasteiger partial charge in [-0.2, -0.15) is 13.2 Å². The Morgan fingerprint density at radius 1 is 1.19 bits per heavy atom. The Bertz CT molecular complexity index is 475. The van der Waals surface area contributed by atoms with Gasteiger partial charge in [-0.15, -0.1) is 12.4 Å². The van der Waals surface area contributed by atoms with Gasteiger partial charge < -0.3 is 10.8 Å². The second kappa shape index (κ2) is 6.94. The molecule has 0 spiro atoms. The van der Waals surface area contributed by atoms with E-state index in [9.17, 15) is 22.7 Å². The van der Waals surface area contributed by atoms with Crippen molar-refractivity contribution >= 4 is 12.4 Å². The molecular formula is C14H18ClF4NO. The monoisotopic (exact) mass is 327 g/mol. The number of halogens is 5.